The molecule has 3 aromatic rings. The first kappa shape index (κ1) is 19.8. The van der Waals surface area contributed by atoms with E-state index in [1.54, 1.807) is 24.3 Å². The lowest BCUT2D eigenvalue weighted by Gasteiger charge is -2.12. The molecule has 0 bridgehead atoms. The molecule has 0 amide bonds. The molecule has 5 heteroatoms. The summed E-state index contributed by atoms with van der Waals surface area (Å²) in [7, 11) is -1.55. The molecule has 4 nitrogen and oxygen atoms in total. The van der Waals surface area contributed by atoms with E-state index in [9.17, 15) is 9.00 Å². The van der Waals surface area contributed by atoms with Gasteiger partial charge in [-0.1, -0.05) is 36.4 Å². The lowest BCUT2D eigenvalue weighted by atomic mass is 9.95. The predicted molar refractivity (Wildman–Crippen MR) is 111 cm³/mol. The van der Waals surface area contributed by atoms with E-state index in [1.807, 2.05) is 12.1 Å². The van der Waals surface area contributed by atoms with Crippen LogP contribution in [0.1, 0.15) is 16.7 Å². The number of aliphatic carboxylic acids is 1. The third kappa shape index (κ3) is 4.87. The second kappa shape index (κ2) is 8.85. The van der Waals surface area contributed by atoms with E-state index in [0.717, 1.165) is 11.1 Å². The normalized spacial score (nSPS) is 11.8. The van der Waals surface area contributed by atoms with Gasteiger partial charge in [0.1, 0.15) is 18.1 Å². The highest BCUT2D eigenvalue weighted by Crippen LogP contribution is 2.28. The van der Waals surface area contributed by atoms with E-state index in [1.165, 1.54) is 16.7 Å². The lowest BCUT2D eigenvalue weighted by Crippen LogP contribution is -2.09. The Bertz CT molecular complexity index is 989. The van der Waals surface area contributed by atoms with Gasteiger partial charge in [0.25, 0.3) is 0 Å². The van der Waals surface area contributed by atoms with Gasteiger partial charge in [-0.25, -0.2) is 0 Å². The Balaban J connectivity index is 1.70. The molecule has 0 radical (unpaired) electrons. The summed E-state index contributed by atoms with van der Waals surface area (Å²) in [6.45, 7) is 4.64. The molecule has 0 spiro atoms. The Morgan fingerprint density at radius 1 is 0.964 bits per heavy atom. The van der Waals surface area contributed by atoms with Gasteiger partial charge in [0.2, 0.25) is 0 Å². The Kier molecular flexibility index (Phi) is 6.26. The molecule has 0 aliphatic rings. The van der Waals surface area contributed by atoms with Gasteiger partial charge in [0.15, 0.2) is 0 Å². The summed E-state index contributed by atoms with van der Waals surface area (Å²) in [5, 5.41) is 8.73. The van der Waals surface area contributed by atoms with Crippen molar-refractivity contribution in [1.82, 2.24) is 0 Å². The van der Waals surface area contributed by atoms with Gasteiger partial charge in [0.05, 0.1) is 10.8 Å². The molecular weight excluding hydrogens is 372 g/mol. The zero-order valence-electron chi connectivity index (χ0n) is 15.8. The van der Waals surface area contributed by atoms with Gasteiger partial charge in [0, 0.05) is 4.90 Å². The first-order valence-electron chi connectivity index (χ1n) is 8.92. The van der Waals surface area contributed by atoms with Crippen LogP contribution < -0.4 is 4.74 Å². The van der Waals surface area contributed by atoms with Gasteiger partial charge >= 0.3 is 5.97 Å². The number of rotatable bonds is 7. The van der Waals surface area contributed by atoms with Crippen LogP contribution >= 0.6 is 0 Å². The molecule has 0 aliphatic carbocycles. The summed E-state index contributed by atoms with van der Waals surface area (Å²) >= 11 is 0. The van der Waals surface area contributed by atoms with E-state index in [2.05, 4.69) is 44.2 Å². The van der Waals surface area contributed by atoms with Crippen molar-refractivity contribution in [2.24, 2.45) is 0 Å². The van der Waals surface area contributed by atoms with Crippen LogP contribution in [-0.4, -0.2) is 21.0 Å². The van der Waals surface area contributed by atoms with Crippen LogP contribution in [0.4, 0.5) is 0 Å². The maximum Gasteiger partial charge on any atom is 0.316 e. The van der Waals surface area contributed by atoms with E-state index in [4.69, 9.17) is 9.84 Å². The summed E-state index contributed by atoms with van der Waals surface area (Å²) in [6.07, 6.45) is 0. The number of aryl methyl sites for hydroxylation is 2. The molecule has 0 aliphatic heterocycles. The molecule has 0 heterocycles. The van der Waals surface area contributed by atoms with Gasteiger partial charge in [-0.2, -0.15) is 0 Å². The van der Waals surface area contributed by atoms with Crippen LogP contribution in [0, 0.1) is 13.8 Å². The quantitative estimate of drug-likeness (QED) is 0.629. The van der Waals surface area contributed by atoms with Crippen molar-refractivity contribution < 1.29 is 18.8 Å². The number of hydrogen-bond donors (Lipinski definition) is 1. The van der Waals surface area contributed by atoms with Crippen LogP contribution in [0.15, 0.2) is 71.6 Å². The van der Waals surface area contributed by atoms with Crippen LogP contribution in [0.3, 0.4) is 0 Å². The second-order valence-corrected chi connectivity index (χ2v) is 8.06. The highest BCUT2D eigenvalue weighted by atomic mass is 32.2. The van der Waals surface area contributed by atoms with E-state index < -0.39 is 22.5 Å². The summed E-state index contributed by atoms with van der Waals surface area (Å²) in [5.41, 5.74) is 5.94. The predicted octanol–water partition coefficient (Wildman–Crippen LogP) is 4.74. The molecule has 0 saturated heterocycles. The monoisotopic (exact) mass is 394 g/mol. The molecule has 1 N–H and O–H groups in total. The zero-order valence-corrected chi connectivity index (χ0v) is 16.7. The summed E-state index contributed by atoms with van der Waals surface area (Å²) in [4.78, 5) is 11.1. The Hall–Kier alpha value is -2.92. The van der Waals surface area contributed by atoms with Gasteiger partial charge < -0.3 is 9.84 Å². The number of ether oxygens (including phenoxy) is 1. The number of carboxylic acids is 1. The number of hydrogen-bond acceptors (Lipinski definition) is 3. The fourth-order valence-corrected chi connectivity index (χ4v) is 3.97. The van der Waals surface area contributed by atoms with E-state index in [0.29, 0.717) is 17.3 Å². The van der Waals surface area contributed by atoms with Gasteiger partial charge in [-0.15, -0.1) is 0 Å². The van der Waals surface area contributed by atoms with Crippen molar-refractivity contribution in [1.29, 1.82) is 0 Å². The fraction of sp³-hybridized carbons (Fsp3) is 0.174. The molecule has 144 valence electrons. The van der Waals surface area contributed by atoms with Crippen LogP contribution in [0.25, 0.3) is 11.1 Å². The standard InChI is InChI=1S/C23H22O4S/c1-16-5-3-6-17(2)23(16)19-8-4-7-18(13-19)14-27-20-9-11-21(12-10-20)28(26)15-22(24)25/h3-13H,14-15H2,1-2H3,(H,24,25)/t28-/m0/s1. The number of benzene rings is 3. The molecule has 3 aromatic carbocycles. The Labute approximate surface area is 167 Å². The summed E-state index contributed by atoms with van der Waals surface area (Å²) in [6, 6.07) is 21.3. The average Bonchev–Trinajstić information content (AvgIpc) is 2.66. The highest BCUT2D eigenvalue weighted by molar-refractivity contribution is 7.85. The number of carboxylic acid groups (broad SMARTS) is 1. The van der Waals surface area contributed by atoms with Gasteiger partial charge in [-0.05, 0) is 72.0 Å². The number of carbonyl (C=O) groups is 1. The Morgan fingerprint density at radius 3 is 2.25 bits per heavy atom. The summed E-state index contributed by atoms with van der Waals surface area (Å²) < 4.78 is 17.7. The third-order valence-corrected chi connectivity index (χ3v) is 5.75. The maximum atomic E-state index is 11.9. The van der Waals surface area contributed by atoms with Crippen LogP contribution in [0.5, 0.6) is 5.75 Å². The molecule has 0 unspecified atom stereocenters. The van der Waals surface area contributed by atoms with Crippen molar-refractivity contribution in [3.05, 3.63) is 83.4 Å². The second-order valence-electron chi connectivity index (χ2n) is 6.61. The molecule has 3 rings (SSSR count). The molecule has 1 atom stereocenters. The molecular formula is C23H22O4S. The fourth-order valence-electron chi connectivity index (χ4n) is 3.14. The first-order valence-corrected chi connectivity index (χ1v) is 10.2. The van der Waals surface area contributed by atoms with Crippen molar-refractivity contribution in [2.75, 3.05) is 5.75 Å². The Morgan fingerprint density at radius 2 is 1.61 bits per heavy atom. The lowest BCUT2D eigenvalue weighted by molar-refractivity contribution is -0.133. The highest BCUT2D eigenvalue weighted by Gasteiger charge is 2.09. The van der Waals surface area contributed by atoms with Crippen molar-refractivity contribution in [3.63, 3.8) is 0 Å². The smallest absolute Gasteiger partial charge is 0.316 e. The molecule has 0 fully saturated rings. The largest absolute Gasteiger partial charge is 0.489 e. The molecule has 28 heavy (non-hydrogen) atoms. The van der Waals surface area contributed by atoms with Crippen molar-refractivity contribution >= 4 is 16.8 Å². The van der Waals surface area contributed by atoms with Crippen LogP contribution in [-0.2, 0) is 22.2 Å². The first-order chi connectivity index (χ1) is 13.4. The van der Waals surface area contributed by atoms with Gasteiger partial charge in [-0.3, -0.25) is 9.00 Å². The average molecular weight is 394 g/mol. The summed E-state index contributed by atoms with van der Waals surface area (Å²) in [5.74, 6) is -0.832. The molecule has 0 saturated carbocycles. The van der Waals surface area contributed by atoms with E-state index in [-0.39, 0.29) is 0 Å². The minimum Gasteiger partial charge on any atom is -0.489 e. The minimum absolute atomic E-state index is 0.398. The van der Waals surface area contributed by atoms with Crippen molar-refractivity contribution in [3.8, 4) is 16.9 Å². The topological polar surface area (TPSA) is 63.6 Å². The van der Waals surface area contributed by atoms with Crippen molar-refractivity contribution in [2.45, 2.75) is 25.3 Å². The maximum absolute atomic E-state index is 11.9. The SMILES string of the molecule is Cc1cccc(C)c1-c1cccc(COc2ccc([S@@](=O)CC(=O)O)cc2)c1. The minimum atomic E-state index is -1.55. The van der Waals surface area contributed by atoms with E-state index >= 15 is 0 Å². The third-order valence-electron chi connectivity index (χ3n) is 4.44. The van der Waals surface area contributed by atoms with Crippen LogP contribution in [0.2, 0.25) is 0 Å². The molecule has 0 aromatic heterocycles. The zero-order chi connectivity index (χ0) is 20.1.